The van der Waals surface area contributed by atoms with Crippen molar-refractivity contribution in [3.8, 4) is 0 Å². The van der Waals surface area contributed by atoms with E-state index < -0.39 is 11.7 Å². The van der Waals surface area contributed by atoms with Gasteiger partial charge in [-0.2, -0.15) is 5.10 Å². The predicted molar refractivity (Wildman–Crippen MR) is 91.4 cm³/mol. The van der Waals surface area contributed by atoms with Gasteiger partial charge < -0.3 is 9.84 Å². The number of aliphatic hydroxyl groups is 1. The van der Waals surface area contributed by atoms with E-state index in [9.17, 15) is 14.7 Å². The van der Waals surface area contributed by atoms with Gasteiger partial charge in [0.15, 0.2) is 0 Å². The number of imide groups is 1. The molecule has 0 saturated heterocycles. The van der Waals surface area contributed by atoms with Crippen molar-refractivity contribution in [1.82, 2.24) is 14.7 Å². The Bertz CT molecular complexity index is 742. The van der Waals surface area contributed by atoms with Gasteiger partial charge in [-0.1, -0.05) is 0 Å². The van der Waals surface area contributed by atoms with Crippen LogP contribution < -0.4 is 0 Å². The number of amides is 2. The number of nitrogens with zero attached hydrogens (tertiary/aromatic N) is 3. The molecule has 7 nitrogen and oxygen atoms in total. The molecule has 2 amide bonds. The molecule has 1 N–H and O–H groups in total. The molecule has 0 unspecified atom stereocenters. The average molecular weight is 347 g/mol. The Kier molecular flexibility index (Phi) is 4.34. The number of allylic oxidation sites excluding steroid dienone is 1. The van der Waals surface area contributed by atoms with Crippen molar-refractivity contribution in [2.45, 2.75) is 71.6 Å². The number of fused-ring (bicyclic) bond motifs is 3. The van der Waals surface area contributed by atoms with Crippen LogP contribution in [0.3, 0.4) is 0 Å². The number of aryl methyl sites for hydroxylation is 1. The van der Waals surface area contributed by atoms with Crippen molar-refractivity contribution < 1.29 is 19.4 Å². The summed E-state index contributed by atoms with van der Waals surface area (Å²) in [5.74, 6) is -0.358. The Morgan fingerprint density at radius 3 is 2.76 bits per heavy atom. The fraction of sp³-hybridized carbons (Fsp3) is 0.611. The second-order valence-corrected chi connectivity index (χ2v) is 7.77. The summed E-state index contributed by atoms with van der Waals surface area (Å²) in [6.07, 6.45) is 3.12. The van der Waals surface area contributed by atoms with Crippen LogP contribution in [-0.4, -0.2) is 43.4 Å². The molecule has 0 fully saturated rings. The molecule has 0 aliphatic carbocycles. The molecule has 2 aliphatic heterocycles. The molecule has 1 atom stereocenters. The third kappa shape index (κ3) is 3.27. The zero-order valence-corrected chi connectivity index (χ0v) is 15.2. The lowest BCUT2D eigenvalue weighted by Gasteiger charge is -2.33. The molecule has 0 bridgehead atoms. The smallest absolute Gasteiger partial charge is 0.417 e. The topological polar surface area (TPSA) is 84.7 Å². The maximum Gasteiger partial charge on any atom is 0.417 e. The van der Waals surface area contributed by atoms with Crippen LogP contribution in [0.4, 0.5) is 4.79 Å². The molecule has 1 aromatic heterocycles. The van der Waals surface area contributed by atoms with Crippen molar-refractivity contribution in [2.75, 3.05) is 0 Å². The molecule has 7 heteroatoms. The first-order valence-corrected chi connectivity index (χ1v) is 8.68. The average Bonchev–Trinajstić information content (AvgIpc) is 2.69. The van der Waals surface area contributed by atoms with Gasteiger partial charge in [0.25, 0.3) is 5.91 Å². The van der Waals surface area contributed by atoms with E-state index in [1.807, 2.05) is 11.6 Å². The Morgan fingerprint density at radius 1 is 1.40 bits per heavy atom. The zero-order chi connectivity index (χ0) is 18.4. The largest absolute Gasteiger partial charge is 0.516 e. The Hall–Kier alpha value is -2.31. The molecule has 0 aromatic carbocycles. The fourth-order valence-electron chi connectivity index (χ4n) is 3.44. The lowest BCUT2D eigenvalue weighted by molar-refractivity contribution is 0.0164. The first-order valence-electron chi connectivity index (χ1n) is 8.68. The van der Waals surface area contributed by atoms with Crippen molar-refractivity contribution in [1.29, 1.82) is 0 Å². The molecule has 2 aliphatic rings. The standard InChI is InChI=1S/C18H25N3O4/c1-11-8-13-15(16(23)21(11)17(24)25-18(2,3)4)14-9-12(10-22)6-5-7-20(14)19-13/h10-11,22H,5-9H2,1-4H3/t11-/m1/s1. The normalized spacial score (nSPS) is 22.4. The summed E-state index contributed by atoms with van der Waals surface area (Å²) in [5.41, 5.74) is 2.20. The van der Waals surface area contributed by atoms with Gasteiger partial charge in [-0.25, -0.2) is 9.69 Å². The Balaban J connectivity index is 1.98. The van der Waals surface area contributed by atoms with Gasteiger partial charge >= 0.3 is 6.09 Å². The maximum atomic E-state index is 13.1. The quantitative estimate of drug-likeness (QED) is 0.729. The van der Waals surface area contributed by atoms with E-state index in [4.69, 9.17) is 4.74 Å². The SMILES string of the molecule is C[C@@H]1Cc2nn3c(c2C(=O)N1C(=O)OC(C)(C)C)CC(=CO)CCC3. The first kappa shape index (κ1) is 17.5. The van der Waals surface area contributed by atoms with E-state index in [1.54, 1.807) is 20.8 Å². The highest BCUT2D eigenvalue weighted by molar-refractivity contribution is 6.05. The molecule has 0 radical (unpaired) electrons. The summed E-state index contributed by atoms with van der Waals surface area (Å²) in [4.78, 5) is 26.8. The van der Waals surface area contributed by atoms with E-state index in [2.05, 4.69) is 5.10 Å². The molecular weight excluding hydrogens is 322 g/mol. The summed E-state index contributed by atoms with van der Waals surface area (Å²) in [5, 5.41) is 14.0. The monoisotopic (exact) mass is 347 g/mol. The fourth-order valence-corrected chi connectivity index (χ4v) is 3.44. The number of aromatic nitrogens is 2. The second-order valence-electron chi connectivity index (χ2n) is 7.77. The number of aliphatic hydroxyl groups excluding tert-OH is 1. The van der Waals surface area contributed by atoms with E-state index >= 15 is 0 Å². The maximum absolute atomic E-state index is 13.1. The van der Waals surface area contributed by atoms with E-state index in [0.29, 0.717) is 24.9 Å². The highest BCUT2D eigenvalue weighted by Crippen LogP contribution is 2.31. The number of hydrogen-bond acceptors (Lipinski definition) is 5. The van der Waals surface area contributed by atoms with Crippen LogP contribution in [0.1, 0.15) is 62.3 Å². The minimum absolute atomic E-state index is 0.304. The Labute approximate surface area is 147 Å². The Morgan fingerprint density at radius 2 is 2.12 bits per heavy atom. The highest BCUT2D eigenvalue weighted by Gasteiger charge is 2.41. The highest BCUT2D eigenvalue weighted by atomic mass is 16.6. The minimum Gasteiger partial charge on any atom is -0.516 e. The van der Waals surface area contributed by atoms with Crippen LogP contribution in [0.15, 0.2) is 11.8 Å². The lowest BCUT2D eigenvalue weighted by Crippen LogP contribution is -2.49. The van der Waals surface area contributed by atoms with Crippen molar-refractivity contribution >= 4 is 12.0 Å². The van der Waals surface area contributed by atoms with Gasteiger partial charge in [-0.3, -0.25) is 9.48 Å². The minimum atomic E-state index is -0.667. The number of hydrogen-bond donors (Lipinski definition) is 1. The summed E-state index contributed by atoms with van der Waals surface area (Å²) < 4.78 is 7.26. The predicted octanol–water partition coefficient (Wildman–Crippen LogP) is 2.98. The van der Waals surface area contributed by atoms with E-state index in [1.165, 1.54) is 4.90 Å². The molecule has 0 saturated carbocycles. The van der Waals surface area contributed by atoms with E-state index in [-0.39, 0.29) is 11.9 Å². The summed E-state index contributed by atoms with van der Waals surface area (Å²) in [7, 11) is 0. The molecular formula is C18H25N3O4. The molecule has 136 valence electrons. The molecule has 1 aromatic rings. The van der Waals surface area contributed by atoms with Gasteiger partial charge in [0.2, 0.25) is 0 Å². The third-order valence-electron chi connectivity index (χ3n) is 4.53. The zero-order valence-electron chi connectivity index (χ0n) is 15.2. The van der Waals surface area contributed by atoms with Crippen LogP contribution >= 0.6 is 0 Å². The number of carbonyl (C=O) groups is 2. The lowest BCUT2D eigenvalue weighted by atomic mass is 9.96. The second kappa shape index (κ2) is 6.20. The van der Waals surface area contributed by atoms with Gasteiger partial charge in [0, 0.05) is 25.4 Å². The van der Waals surface area contributed by atoms with Crippen molar-refractivity contribution in [2.24, 2.45) is 0 Å². The third-order valence-corrected chi connectivity index (χ3v) is 4.53. The van der Waals surface area contributed by atoms with Gasteiger partial charge in [0.1, 0.15) is 5.60 Å². The van der Waals surface area contributed by atoms with Crippen molar-refractivity contribution in [3.63, 3.8) is 0 Å². The first-order chi connectivity index (χ1) is 11.7. The summed E-state index contributed by atoms with van der Waals surface area (Å²) in [6.45, 7) is 7.86. The number of ether oxygens (including phenoxy) is 1. The van der Waals surface area contributed by atoms with Gasteiger partial charge in [-0.15, -0.1) is 0 Å². The number of rotatable bonds is 0. The molecule has 25 heavy (non-hydrogen) atoms. The van der Waals surface area contributed by atoms with E-state index in [0.717, 1.165) is 36.1 Å². The van der Waals surface area contributed by atoms with Crippen LogP contribution in [0, 0.1) is 0 Å². The molecule has 3 heterocycles. The van der Waals surface area contributed by atoms with Crippen LogP contribution in [-0.2, 0) is 24.1 Å². The van der Waals surface area contributed by atoms with Crippen LogP contribution in [0.25, 0.3) is 0 Å². The van der Waals surface area contributed by atoms with Gasteiger partial charge in [0.05, 0.1) is 23.2 Å². The van der Waals surface area contributed by atoms with Gasteiger partial charge in [-0.05, 0) is 46.1 Å². The van der Waals surface area contributed by atoms with Crippen LogP contribution in [0.5, 0.6) is 0 Å². The van der Waals surface area contributed by atoms with Crippen molar-refractivity contribution in [3.05, 3.63) is 28.8 Å². The summed E-state index contributed by atoms with van der Waals surface area (Å²) >= 11 is 0. The summed E-state index contributed by atoms with van der Waals surface area (Å²) in [6, 6.07) is -0.304. The molecule has 3 rings (SSSR count). The van der Waals surface area contributed by atoms with Crippen LogP contribution in [0.2, 0.25) is 0 Å². The number of carbonyl (C=O) groups excluding carboxylic acids is 2. The molecule has 0 spiro atoms.